The van der Waals surface area contributed by atoms with Crippen LogP contribution in [0.3, 0.4) is 0 Å². The Kier molecular flexibility index (Phi) is 8.05. The number of benzene rings is 3. The number of nitrogens with one attached hydrogen (secondary N) is 2. The molecule has 3 rings (SSSR count). The summed E-state index contributed by atoms with van der Waals surface area (Å²) in [6, 6.07) is 16.9. The van der Waals surface area contributed by atoms with Crippen molar-refractivity contribution in [2.45, 2.75) is 6.61 Å². The molecule has 0 aliphatic rings. The summed E-state index contributed by atoms with van der Waals surface area (Å²) >= 11 is 15.6. The summed E-state index contributed by atoms with van der Waals surface area (Å²) in [6.07, 6.45) is 1.12. The van der Waals surface area contributed by atoms with E-state index < -0.39 is 9.84 Å². The van der Waals surface area contributed by atoms with Gasteiger partial charge in [-0.3, -0.25) is 4.79 Å². The van der Waals surface area contributed by atoms with Gasteiger partial charge in [-0.05, 0) is 54.6 Å². The van der Waals surface area contributed by atoms with Crippen LogP contribution in [-0.4, -0.2) is 26.5 Å². The molecule has 0 aliphatic heterocycles. The Labute approximate surface area is 204 Å². The monoisotopic (exact) mass is 556 g/mol. The Balaban J connectivity index is 1.83. The van der Waals surface area contributed by atoms with Gasteiger partial charge in [0.25, 0.3) is 5.91 Å². The van der Waals surface area contributed by atoms with E-state index in [-0.39, 0.29) is 18.4 Å². The number of amides is 1. The molecule has 0 saturated carbocycles. The SMILES string of the molecule is CS(=O)(=O)CNc1ccc(NC(=O)c2ccc(Br)cc2)cc1OCc1cc(Cl)ccc1Cl. The summed E-state index contributed by atoms with van der Waals surface area (Å²) in [7, 11) is -3.27. The minimum Gasteiger partial charge on any atom is -0.487 e. The summed E-state index contributed by atoms with van der Waals surface area (Å²) in [5.74, 6) is -0.220. The molecule has 168 valence electrons. The summed E-state index contributed by atoms with van der Waals surface area (Å²) in [5.41, 5.74) is 2.09. The fraction of sp³-hybridized carbons (Fsp3) is 0.136. The molecule has 2 N–H and O–H groups in total. The van der Waals surface area contributed by atoms with E-state index >= 15 is 0 Å². The molecular weight excluding hydrogens is 539 g/mol. The normalized spacial score (nSPS) is 11.1. The summed E-state index contributed by atoms with van der Waals surface area (Å²) in [4.78, 5) is 12.5. The van der Waals surface area contributed by atoms with Crippen LogP contribution in [-0.2, 0) is 16.4 Å². The zero-order chi connectivity index (χ0) is 23.3. The minimum absolute atomic E-state index is 0.0943. The highest BCUT2D eigenvalue weighted by molar-refractivity contribution is 9.10. The van der Waals surface area contributed by atoms with Gasteiger partial charge in [-0.2, -0.15) is 0 Å². The third-order valence-electron chi connectivity index (χ3n) is 4.26. The number of sulfone groups is 1. The maximum Gasteiger partial charge on any atom is 0.255 e. The van der Waals surface area contributed by atoms with E-state index in [1.165, 1.54) is 0 Å². The van der Waals surface area contributed by atoms with Gasteiger partial charge in [0.2, 0.25) is 0 Å². The van der Waals surface area contributed by atoms with Crippen molar-refractivity contribution in [1.82, 2.24) is 0 Å². The van der Waals surface area contributed by atoms with Crippen LogP contribution in [0.5, 0.6) is 5.75 Å². The van der Waals surface area contributed by atoms with Gasteiger partial charge >= 0.3 is 0 Å². The molecule has 0 aromatic heterocycles. The first kappa shape index (κ1) is 24.4. The van der Waals surface area contributed by atoms with Gasteiger partial charge in [0.1, 0.15) is 18.2 Å². The smallest absolute Gasteiger partial charge is 0.255 e. The number of halogens is 3. The highest BCUT2D eigenvalue weighted by atomic mass is 79.9. The van der Waals surface area contributed by atoms with Crippen molar-refractivity contribution in [3.05, 3.63) is 86.3 Å². The van der Waals surface area contributed by atoms with Gasteiger partial charge < -0.3 is 15.4 Å². The lowest BCUT2D eigenvalue weighted by Crippen LogP contribution is -2.14. The van der Waals surface area contributed by atoms with Crippen molar-refractivity contribution in [3.63, 3.8) is 0 Å². The van der Waals surface area contributed by atoms with Crippen molar-refractivity contribution in [3.8, 4) is 5.75 Å². The van der Waals surface area contributed by atoms with Gasteiger partial charge in [-0.25, -0.2) is 8.42 Å². The molecule has 0 atom stereocenters. The molecule has 0 radical (unpaired) electrons. The van der Waals surface area contributed by atoms with Gasteiger partial charge in [0.05, 0.1) is 5.69 Å². The molecule has 0 saturated heterocycles. The molecule has 3 aromatic carbocycles. The lowest BCUT2D eigenvalue weighted by molar-refractivity contribution is 0.102. The van der Waals surface area contributed by atoms with Crippen LogP contribution in [0.25, 0.3) is 0 Å². The number of hydrogen-bond donors (Lipinski definition) is 2. The van der Waals surface area contributed by atoms with Crippen LogP contribution < -0.4 is 15.4 Å². The van der Waals surface area contributed by atoms with E-state index in [0.29, 0.717) is 38.3 Å². The van der Waals surface area contributed by atoms with Crippen LogP contribution in [0.4, 0.5) is 11.4 Å². The maximum absolute atomic E-state index is 12.5. The predicted octanol–water partition coefficient (Wildman–Crippen LogP) is 6.00. The molecule has 0 fully saturated rings. The first-order valence-electron chi connectivity index (χ1n) is 9.30. The third-order valence-corrected chi connectivity index (χ3v) is 6.06. The van der Waals surface area contributed by atoms with Crippen LogP contribution >= 0.6 is 39.1 Å². The molecule has 10 heteroatoms. The molecule has 1 amide bonds. The third kappa shape index (κ3) is 7.13. The molecule has 6 nitrogen and oxygen atoms in total. The van der Waals surface area contributed by atoms with E-state index in [1.54, 1.807) is 60.7 Å². The molecule has 3 aromatic rings. The number of rotatable bonds is 8. The van der Waals surface area contributed by atoms with E-state index in [9.17, 15) is 13.2 Å². The predicted molar refractivity (Wildman–Crippen MR) is 133 cm³/mol. The summed E-state index contributed by atoms with van der Waals surface area (Å²) in [6.45, 7) is 0.0943. The average Bonchev–Trinajstić information content (AvgIpc) is 2.73. The van der Waals surface area contributed by atoms with Crippen molar-refractivity contribution < 1.29 is 17.9 Å². The van der Waals surface area contributed by atoms with E-state index in [4.69, 9.17) is 27.9 Å². The largest absolute Gasteiger partial charge is 0.487 e. The molecule has 0 bridgehead atoms. The van der Waals surface area contributed by atoms with E-state index in [0.717, 1.165) is 10.7 Å². The number of carbonyl (C=O) groups is 1. The average molecular weight is 558 g/mol. The summed E-state index contributed by atoms with van der Waals surface area (Å²) < 4.78 is 29.9. The second-order valence-electron chi connectivity index (χ2n) is 6.94. The molecule has 0 unspecified atom stereocenters. The quantitative estimate of drug-likeness (QED) is 0.355. The lowest BCUT2D eigenvalue weighted by atomic mass is 10.2. The van der Waals surface area contributed by atoms with Crippen molar-refractivity contribution in [2.75, 3.05) is 22.8 Å². The number of carbonyl (C=O) groups excluding carboxylic acids is 1. The van der Waals surface area contributed by atoms with Crippen LogP contribution in [0.2, 0.25) is 10.0 Å². The Bertz CT molecular complexity index is 1240. The topological polar surface area (TPSA) is 84.5 Å². The summed E-state index contributed by atoms with van der Waals surface area (Å²) in [5, 5.41) is 6.65. The van der Waals surface area contributed by atoms with E-state index in [2.05, 4.69) is 26.6 Å². The number of anilines is 2. The second kappa shape index (κ2) is 10.6. The van der Waals surface area contributed by atoms with Gasteiger partial charge in [-0.1, -0.05) is 39.1 Å². The first-order chi connectivity index (χ1) is 15.1. The molecular formula is C22H19BrCl2N2O4S. The highest BCUT2D eigenvalue weighted by Crippen LogP contribution is 2.31. The Morgan fingerprint density at radius 3 is 2.44 bits per heavy atom. The lowest BCUT2D eigenvalue weighted by Gasteiger charge is -2.16. The fourth-order valence-electron chi connectivity index (χ4n) is 2.69. The first-order valence-corrected chi connectivity index (χ1v) is 12.9. The number of hydrogen-bond acceptors (Lipinski definition) is 5. The van der Waals surface area contributed by atoms with E-state index in [1.807, 2.05) is 0 Å². The number of ether oxygens (including phenoxy) is 1. The van der Waals surface area contributed by atoms with Crippen molar-refractivity contribution in [1.29, 1.82) is 0 Å². The molecule has 32 heavy (non-hydrogen) atoms. The van der Waals surface area contributed by atoms with Gasteiger partial charge in [0, 0.05) is 43.7 Å². The zero-order valence-corrected chi connectivity index (χ0v) is 20.8. The minimum atomic E-state index is -3.27. The Hall–Kier alpha value is -2.26. The molecule has 0 aliphatic carbocycles. The standard InChI is InChI=1S/C22H19BrCl2N2O4S/c1-32(29,30)13-26-20-9-7-18(27-22(28)14-2-4-16(23)5-3-14)11-21(20)31-12-15-10-17(24)6-8-19(15)25/h2-11,26H,12-13H2,1H3,(H,27,28). The van der Waals surface area contributed by atoms with Crippen molar-refractivity contribution >= 4 is 66.3 Å². The van der Waals surface area contributed by atoms with Crippen LogP contribution in [0, 0.1) is 0 Å². The van der Waals surface area contributed by atoms with Crippen molar-refractivity contribution in [2.24, 2.45) is 0 Å². The maximum atomic E-state index is 12.5. The molecule has 0 heterocycles. The highest BCUT2D eigenvalue weighted by Gasteiger charge is 2.12. The van der Waals surface area contributed by atoms with Crippen LogP contribution in [0.15, 0.2) is 65.1 Å². The zero-order valence-electron chi connectivity index (χ0n) is 16.9. The Morgan fingerprint density at radius 2 is 1.75 bits per heavy atom. The fourth-order valence-corrected chi connectivity index (χ4v) is 3.74. The van der Waals surface area contributed by atoms with Gasteiger partial charge in [-0.15, -0.1) is 0 Å². The second-order valence-corrected chi connectivity index (χ2v) is 10.8. The van der Waals surface area contributed by atoms with Crippen LogP contribution in [0.1, 0.15) is 15.9 Å². The Morgan fingerprint density at radius 1 is 1.03 bits per heavy atom. The van der Waals surface area contributed by atoms with Gasteiger partial charge in [0.15, 0.2) is 9.84 Å². The molecule has 0 spiro atoms.